The lowest BCUT2D eigenvalue weighted by Crippen LogP contribution is -2.30. The van der Waals surface area contributed by atoms with Gasteiger partial charge >= 0.3 is 7.12 Å². The number of aromatic nitrogens is 3. The number of hydrogen-bond donors (Lipinski definition) is 3. The highest BCUT2D eigenvalue weighted by molar-refractivity contribution is 6.62. The van der Waals surface area contributed by atoms with Crippen LogP contribution in [-0.4, -0.2) is 32.1 Å². The van der Waals surface area contributed by atoms with Crippen LogP contribution >= 0.6 is 0 Å². The van der Waals surface area contributed by atoms with E-state index in [0.29, 0.717) is 5.46 Å². The Morgan fingerprint density at radius 2 is 1.70 bits per heavy atom. The fourth-order valence-corrected chi connectivity index (χ4v) is 2.67. The lowest BCUT2D eigenvalue weighted by atomic mass is 9.77. The van der Waals surface area contributed by atoms with Crippen molar-refractivity contribution < 1.29 is 10.0 Å². The van der Waals surface area contributed by atoms with Crippen molar-refractivity contribution in [2.75, 3.05) is 0 Å². The molecule has 0 atom stereocenters. The molecule has 0 aliphatic rings. The van der Waals surface area contributed by atoms with E-state index in [1.54, 1.807) is 24.5 Å². The number of hydrogen-bond acceptors (Lipinski definition) is 4. The highest BCUT2D eigenvalue weighted by atomic mass is 16.4. The first-order valence-electron chi connectivity index (χ1n) is 6.26. The minimum atomic E-state index is -1.54. The monoisotopic (exact) mass is 263 g/mol. The lowest BCUT2D eigenvalue weighted by Gasteiger charge is -2.06. The minimum absolute atomic E-state index is 0.437. The molecule has 3 heterocycles. The maximum atomic E-state index is 9.55. The molecule has 3 N–H and O–H groups in total. The van der Waals surface area contributed by atoms with Crippen molar-refractivity contribution in [3.63, 3.8) is 0 Å². The van der Waals surface area contributed by atoms with E-state index < -0.39 is 7.12 Å². The van der Waals surface area contributed by atoms with Gasteiger partial charge < -0.3 is 15.0 Å². The second-order valence-corrected chi connectivity index (χ2v) is 4.69. The fourth-order valence-electron chi connectivity index (χ4n) is 2.67. The van der Waals surface area contributed by atoms with Crippen LogP contribution in [0.4, 0.5) is 0 Å². The molecular weight excluding hydrogens is 253 g/mol. The standard InChI is InChI=1S/C14H10BN3O2/c19-15(20)9-7-11-12(13-8(9)3-1-5-16-13)14-10(18-11)4-2-6-17-14/h1-7,18-20H. The molecule has 0 bridgehead atoms. The zero-order valence-electron chi connectivity index (χ0n) is 10.4. The summed E-state index contributed by atoms with van der Waals surface area (Å²) in [6.07, 6.45) is 3.43. The van der Waals surface area contributed by atoms with Crippen LogP contribution in [0, 0.1) is 0 Å². The smallest absolute Gasteiger partial charge is 0.423 e. The van der Waals surface area contributed by atoms with Crippen LogP contribution in [-0.2, 0) is 0 Å². The van der Waals surface area contributed by atoms with Gasteiger partial charge in [-0.2, -0.15) is 0 Å². The number of nitrogens with one attached hydrogen (secondary N) is 1. The summed E-state index contributed by atoms with van der Waals surface area (Å²) in [4.78, 5) is 12.0. The second kappa shape index (κ2) is 4.03. The quantitative estimate of drug-likeness (QED) is 0.446. The Kier molecular flexibility index (Phi) is 2.30. The van der Waals surface area contributed by atoms with E-state index in [-0.39, 0.29) is 0 Å². The molecule has 0 saturated carbocycles. The summed E-state index contributed by atoms with van der Waals surface area (Å²) in [6, 6.07) is 9.15. The number of benzene rings is 1. The van der Waals surface area contributed by atoms with E-state index in [9.17, 15) is 10.0 Å². The molecule has 96 valence electrons. The van der Waals surface area contributed by atoms with Crippen LogP contribution < -0.4 is 5.46 Å². The predicted molar refractivity (Wildman–Crippen MR) is 78.7 cm³/mol. The van der Waals surface area contributed by atoms with Gasteiger partial charge in [0, 0.05) is 23.3 Å². The number of nitrogens with zero attached hydrogens (tertiary/aromatic N) is 2. The van der Waals surface area contributed by atoms with Gasteiger partial charge in [-0.3, -0.25) is 9.97 Å². The third-order valence-electron chi connectivity index (χ3n) is 3.52. The Morgan fingerprint density at radius 3 is 2.50 bits per heavy atom. The van der Waals surface area contributed by atoms with Crippen molar-refractivity contribution in [2.24, 2.45) is 0 Å². The van der Waals surface area contributed by atoms with E-state index in [0.717, 1.165) is 32.8 Å². The molecule has 4 rings (SSSR count). The van der Waals surface area contributed by atoms with Crippen LogP contribution in [0.15, 0.2) is 42.7 Å². The van der Waals surface area contributed by atoms with Crippen molar-refractivity contribution >= 4 is 45.4 Å². The second-order valence-electron chi connectivity index (χ2n) is 4.69. The molecule has 0 aliphatic heterocycles. The van der Waals surface area contributed by atoms with Crippen molar-refractivity contribution in [1.29, 1.82) is 0 Å². The zero-order valence-corrected chi connectivity index (χ0v) is 10.4. The summed E-state index contributed by atoms with van der Waals surface area (Å²) in [7, 11) is -1.54. The molecule has 20 heavy (non-hydrogen) atoms. The van der Waals surface area contributed by atoms with Gasteiger partial charge in [0.1, 0.15) is 0 Å². The number of aromatic amines is 1. The Balaban J connectivity index is 2.31. The van der Waals surface area contributed by atoms with Gasteiger partial charge in [-0.1, -0.05) is 6.07 Å². The van der Waals surface area contributed by atoms with Gasteiger partial charge in [0.2, 0.25) is 0 Å². The van der Waals surface area contributed by atoms with Crippen molar-refractivity contribution in [3.8, 4) is 0 Å². The van der Waals surface area contributed by atoms with Crippen LogP contribution in [0.1, 0.15) is 0 Å². The average Bonchev–Trinajstić information content (AvgIpc) is 2.84. The number of pyridine rings is 2. The Morgan fingerprint density at radius 1 is 0.950 bits per heavy atom. The zero-order chi connectivity index (χ0) is 13.7. The summed E-state index contributed by atoms with van der Waals surface area (Å²) in [6.45, 7) is 0. The van der Waals surface area contributed by atoms with Crippen molar-refractivity contribution in [3.05, 3.63) is 42.7 Å². The van der Waals surface area contributed by atoms with Gasteiger partial charge in [0.25, 0.3) is 0 Å². The van der Waals surface area contributed by atoms with Gasteiger partial charge in [-0.25, -0.2) is 0 Å². The fraction of sp³-hybridized carbons (Fsp3) is 0. The maximum absolute atomic E-state index is 9.55. The number of H-pyrrole nitrogens is 1. The van der Waals surface area contributed by atoms with Crippen molar-refractivity contribution in [2.45, 2.75) is 0 Å². The van der Waals surface area contributed by atoms with Gasteiger partial charge in [0.15, 0.2) is 0 Å². The van der Waals surface area contributed by atoms with E-state index in [2.05, 4.69) is 15.0 Å². The van der Waals surface area contributed by atoms with Gasteiger partial charge in [-0.15, -0.1) is 0 Å². The summed E-state index contributed by atoms with van der Waals surface area (Å²) in [5, 5.41) is 20.7. The van der Waals surface area contributed by atoms with E-state index in [1.165, 1.54) is 0 Å². The average molecular weight is 263 g/mol. The predicted octanol–water partition coefficient (Wildman–Crippen LogP) is 0.944. The maximum Gasteiger partial charge on any atom is 0.489 e. The highest BCUT2D eigenvalue weighted by Gasteiger charge is 2.19. The molecule has 0 fully saturated rings. The van der Waals surface area contributed by atoms with Crippen LogP contribution in [0.25, 0.3) is 32.8 Å². The third-order valence-corrected chi connectivity index (χ3v) is 3.52. The molecule has 0 saturated heterocycles. The molecule has 0 unspecified atom stereocenters. The first kappa shape index (κ1) is 11.4. The first-order chi connectivity index (χ1) is 9.75. The molecule has 1 aromatic carbocycles. The van der Waals surface area contributed by atoms with Crippen LogP contribution in [0.2, 0.25) is 0 Å². The largest absolute Gasteiger partial charge is 0.489 e. The molecule has 3 aromatic heterocycles. The van der Waals surface area contributed by atoms with Crippen molar-refractivity contribution in [1.82, 2.24) is 15.0 Å². The molecule has 6 heteroatoms. The molecule has 0 spiro atoms. The summed E-state index contributed by atoms with van der Waals surface area (Å²) in [5.41, 5.74) is 3.70. The minimum Gasteiger partial charge on any atom is -0.423 e. The Bertz CT molecular complexity index is 949. The lowest BCUT2D eigenvalue weighted by molar-refractivity contribution is 0.426. The van der Waals surface area contributed by atoms with Crippen LogP contribution in [0.5, 0.6) is 0 Å². The number of rotatable bonds is 1. The molecule has 4 aromatic rings. The summed E-state index contributed by atoms with van der Waals surface area (Å²) in [5.74, 6) is 0. The summed E-state index contributed by atoms with van der Waals surface area (Å²) < 4.78 is 0. The third kappa shape index (κ3) is 1.46. The molecule has 5 nitrogen and oxygen atoms in total. The highest BCUT2D eigenvalue weighted by Crippen LogP contribution is 2.28. The SMILES string of the molecule is OB(O)c1cc2[nH]c3cccnc3c2c2ncccc12. The molecular formula is C14H10BN3O2. The van der Waals surface area contributed by atoms with Gasteiger partial charge in [-0.05, 0) is 29.7 Å². The molecule has 0 radical (unpaired) electrons. The topological polar surface area (TPSA) is 82.0 Å². The molecule has 0 amide bonds. The normalized spacial score (nSPS) is 11.5. The summed E-state index contributed by atoms with van der Waals surface area (Å²) >= 11 is 0. The Labute approximate surface area is 114 Å². The number of fused-ring (bicyclic) bond motifs is 5. The van der Waals surface area contributed by atoms with E-state index >= 15 is 0 Å². The van der Waals surface area contributed by atoms with Gasteiger partial charge in [0.05, 0.1) is 21.9 Å². The van der Waals surface area contributed by atoms with Crippen LogP contribution in [0.3, 0.4) is 0 Å². The van der Waals surface area contributed by atoms with E-state index in [4.69, 9.17) is 0 Å². The first-order valence-corrected chi connectivity index (χ1v) is 6.26. The van der Waals surface area contributed by atoms with E-state index in [1.807, 2.05) is 18.2 Å². The molecule has 0 aliphatic carbocycles. The Hall–Kier alpha value is -2.44.